The molecular weight excluding hydrogens is 432 g/mol. The Morgan fingerprint density at radius 1 is 1.06 bits per heavy atom. The molecule has 0 saturated heterocycles. The molecule has 0 aliphatic rings. The van der Waals surface area contributed by atoms with Crippen molar-refractivity contribution in [3.05, 3.63) is 88.5 Å². The van der Waals surface area contributed by atoms with Gasteiger partial charge in [-0.25, -0.2) is 13.8 Å². The van der Waals surface area contributed by atoms with Gasteiger partial charge >= 0.3 is 0 Å². The van der Waals surface area contributed by atoms with Gasteiger partial charge in [0, 0.05) is 19.2 Å². The van der Waals surface area contributed by atoms with Crippen molar-refractivity contribution < 1.29 is 18.4 Å². The molecule has 0 unspecified atom stereocenters. The molecule has 3 aromatic rings. The molecular formula is C24H23F2N3O2S. The number of carbonyl (C=O) groups is 2. The summed E-state index contributed by atoms with van der Waals surface area (Å²) in [6.45, 7) is 3.89. The summed E-state index contributed by atoms with van der Waals surface area (Å²) in [7, 11) is 1.58. The van der Waals surface area contributed by atoms with E-state index < -0.39 is 5.82 Å². The highest BCUT2D eigenvalue weighted by molar-refractivity contribution is 7.99. The van der Waals surface area contributed by atoms with Crippen LogP contribution in [0, 0.1) is 18.6 Å². The Hall–Kier alpha value is -3.26. The maximum absolute atomic E-state index is 13.4. The van der Waals surface area contributed by atoms with Crippen molar-refractivity contribution >= 4 is 29.4 Å². The zero-order valence-electron chi connectivity index (χ0n) is 18.0. The number of benzene rings is 2. The summed E-state index contributed by atoms with van der Waals surface area (Å²) in [5.41, 5.74) is 2.05. The molecule has 0 aliphatic heterocycles. The molecule has 0 aliphatic carbocycles. The van der Waals surface area contributed by atoms with E-state index in [0.29, 0.717) is 38.9 Å². The Kier molecular flexibility index (Phi) is 7.58. The van der Waals surface area contributed by atoms with Crippen LogP contribution in [0.3, 0.4) is 0 Å². The van der Waals surface area contributed by atoms with E-state index in [9.17, 15) is 18.4 Å². The van der Waals surface area contributed by atoms with Crippen LogP contribution in [0.1, 0.15) is 38.8 Å². The van der Waals surface area contributed by atoms with Crippen LogP contribution < -0.4 is 10.2 Å². The maximum atomic E-state index is 13.4. The molecule has 0 fully saturated rings. The zero-order chi connectivity index (χ0) is 23.3. The quantitative estimate of drug-likeness (QED) is 0.510. The van der Waals surface area contributed by atoms with Crippen LogP contribution in [0.25, 0.3) is 0 Å². The van der Waals surface area contributed by atoms with Crippen molar-refractivity contribution in [3.8, 4) is 0 Å². The summed E-state index contributed by atoms with van der Waals surface area (Å²) in [5, 5.41) is 3.31. The van der Waals surface area contributed by atoms with Gasteiger partial charge in [-0.3, -0.25) is 14.5 Å². The molecule has 1 heterocycles. The second-order valence-electron chi connectivity index (χ2n) is 7.09. The minimum Gasteiger partial charge on any atom is -0.348 e. The van der Waals surface area contributed by atoms with Gasteiger partial charge in [0.15, 0.2) is 0 Å². The molecule has 0 bridgehead atoms. The number of pyridine rings is 1. The van der Waals surface area contributed by atoms with Crippen molar-refractivity contribution in [1.29, 1.82) is 0 Å². The van der Waals surface area contributed by atoms with E-state index in [2.05, 4.69) is 10.3 Å². The number of halogens is 2. The van der Waals surface area contributed by atoms with E-state index in [1.165, 1.54) is 53.1 Å². The molecule has 1 N–H and O–H groups in total. The third-order valence-electron chi connectivity index (χ3n) is 4.76. The minimum absolute atomic E-state index is 0.178. The highest BCUT2D eigenvalue weighted by atomic mass is 32.2. The number of aryl methyl sites for hydroxylation is 1. The highest BCUT2D eigenvalue weighted by Crippen LogP contribution is 2.28. The number of amides is 2. The fraction of sp³-hybridized carbons (Fsp3) is 0.208. The first kappa shape index (κ1) is 23.4. The topological polar surface area (TPSA) is 62.3 Å². The summed E-state index contributed by atoms with van der Waals surface area (Å²) in [6.07, 6.45) is 0. The molecule has 2 amide bonds. The predicted octanol–water partition coefficient (Wildman–Crippen LogP) is 4.99. The number of rotatable bonds is 7. The Morgan fingerprint density at radius 3 is 2.44 bits per heavy atom. The third kappa shape index (κ3) is 5.50. The molecule has 0 spiro atoms. The normalized spacial score (nSPS) is 10.7. The second-order valence-corrected chi connectivity index (χ2v) is 8.35. The van der Waals surface area contributed by atoms with E-state index in [0.717, 1.165) is 0 Å². The van der Waals surface area contributed by atoms with E-state index in [1.807, 2.05) is 6.92 Å². The number of nitrogens with one attached hydrogen (secondary N) is 1. The van der Waals surface area contributed by atoms with Crippen LogP contribution >= 0.6 is 11.8 Å². The fourth-order valence-corrected chi connectivity index (χ4v) is 3.95. The molecule has 5 nitrogen and oxygen atoms in total. The van der Waals surface area contributed by atoms with Crippen LogP contribution in [0.4, 0.5) is 14.6 Å². The number of hydrogen-bond donors (Lipinski definition) is 1. The summed E-state index contributed by atoms with van der Waals surface area (Å²) in [5.74, 6) is -0.393. The van der Waals surface area contributed by atoms with Crippen molar-refractivity contribution in [2.75, 3.05) is 17.7 Å². The standard InChI is InChI=1S/C24H23F2N3O2S/c1-4-32-23-21(22(30)27-14-16-6-5-7-19(26)13-16)15(2)12-20(28-23)29(3)24(31)17-8-10-18(25)11-9-17/h5-13H,4,14H2,1-3H3,(H,27,30). The van der Waals surface area contributed by atoms with Crippen molar-refractivity contribution in [2.45, 2.75) is 25.4 Å². The van der Waals surface area contributed by atoms with Crippen LogP contribution in [-0.2, 0) is 6.54 Å². The number of anilines is 1. The summed E-state index contributed by atoms with van der Waals surface area (Å²) in [4.78, 5) is 31.6. The van der Waals surface area contributed by atoms with Gasteiger partial charge in [0.05, 0.1) is 5.56 Å². The molecule has 32 heavy (non-hydrogen) atoms. The minimum atomic E-state index is -0.423. The zero-order valence-corrected chi connectivity index (χ0v) is 18.8. The van der Waals surface area contributed by atoms with Crippen molar-refractivity contribution in [2.24, 2.45) is 0 Å². The van der Waals surface area contributed by atoms with E-state index in [-0.39, 0.29) is 24.2 Å². The first-order valence-corrected chi connectivity index (χ1v) is 11.0. The summed E-state index contributed by atoms with van der Waals surface area (Å²) in [6, 6.07) is 13.0. The molecule has 166 valence electrons. The molecule has 0 atom stereocenters. The van der Waals surface area contributed by atoms with Gasteiger partial charge in [-0.15, -0.1) is 11.8 Å². The van der Waals surface area contributed by atoms with E-state index in [1.54, 1.807) is 32.2 Å². The smallest absolute Gasteiger partial charge is 0.259 e. The van der Waals surface area contributed by atoms with Crippen LogP contribution in [-0.4, -0.2) is 29.6 Å². The molecule has 3 rings (SSSR count). The van der Waals surface area contributed by atoms with Crippen LogP contribution in [0.5, 0.6) is 0 Å². The van der Waals surface area contributed by atoms with Gasteiger partial charge in [-0.1, -0.05) is 19.1 Å². The summed E-state index contributed by atoms with van der Waals surface area (Å²) >= 11 is 1.39. The molecule has 0 radical (unpaired) electrons. The average Bonchev–Trinajstić information content (AvgIpc) is 2.77. The van der Waals surface area contributed by atoms with Gasteiger partial charge in [0.2, 0.25) is 0 Å². The third-order valence-corrected chi connectivity index (χ3v) is 5.62. The number of nitrogens with zero attached hydrogens (tertiary/aromatic N) is 2. The van der Waals surface area contributed by atoms with Gasteiger partial charge in [0.25, 0.3) is 11.8 Å². The van der Waals surface area contributed by atoms with E-state index in [4.69, 9.17) is 0 Å². The molecule has 1 aromatic heterocycles. The van der Waals surface area contributed by atoms with Gasteiger partial charge in [0.1, 0.15) is 22.5 Å². The number of carbonyl (C=O) groups excluding carboxylic acids is 2. The van der Waals surface area contributed by atoms with E-state index >= 15 is 0 Å². The predicted molar refractivity (Wildman–Crippen MR) is 122 cm³/mol. The monoisotopic (exact) mass is 455 g/mol. The Morgan fingerprint density at radius 2 is 1.78 bits per heavy atom. The van der Waals surface area contributed by atoms with Crippen LogP contribution in [0.15, 0.2) is 59.6 Å². The number of aromatic nitrogens is 1. The lowest BCUT2D eigenvalue weighted by Gasteiger charge is -2.20. The van der Waals surface area contributed by atoms with Gasteiger partial charge < -0.3 is 5.32 Å². The lowest BCUT2D eigenvalue weighted by molar-refractivity contribution is 0.0946. The van der Waals surface area contributed by atoms with Crippen molar-refractivity contribution in [3.63, 3.8) is 0 Å². The Bertz CT molecular complexity index is 1140. The fourth-order valence-electron chi connectivity index (χ4n) is 3.12. The second kappa shape index (κ2) is 10.4. The van der Waals surface area contributed by atoms with Crippen molar-refractivity contribution in [1.82, 2.24) is 10.3 Å². The van der Waals surface area contributed by atoms with Gasteiger partial charge in [-0.05, 0) is 66.3 Å². The van der Waals surface area contributed by atoms with Gasteiger partial charge in [-0.2, -0.15) is 0 Å². The number of hydrogen-bond acceptors (Lipinski definition) is 4. The molecule has 8 heteroatoms. The molecule has 2 aromatic carbocycles. The number of thioether (sulfide) groups is 1. The maximum Gasteiger partial charge on any atom is 0.259 e. The van der Waals surface area contributed by atoms with Crippen LogP contribution in [0.2, 0.25) is 0 Å². The first-order valence-electron chi connectivity index (χ1n) is 10.0. The lowest BCUT2D eigenvalue weighted by Crippen LogP contribution is -2.29. The largest absolute Gasteiger partial charge is 0.348 e. The SMILES string of the molecule is CCSc1nc(N(C)C(=O)c2ccc(F)cc2)cc(C)c1C(=O)NCc1cccc(F)c1. The average molecular weight is 456 g/mol. The lowest BCUT2D eigenvalue weighted by atomic mass is 10.1. The highest BCUT2D eigenvalue weighted by Gasteiger charge is 2.21. The Balaban J connectivity index is 1.85. The Labute approximate surface area is 189 Å². The summed E-state index contributed by atoms with van der Waals surface area (Å²) < 4.78 is 26.6. The first-order chi connectivity index (χ1) is 15.3. The molecule has 0 saturated carbocycles.